The standard InChI is InChI=1S/C16H21F3N2O2/c1-11-9-21(15(22)8-20-10-16(17,18)19)6-5-12-3-4-13(23-2)7-14(11)12/h3-4,7,11,20H,5-6,8-10H2,1-2H3. The lowest BCUT2D eigenvalue weighted by atomic mass is 9.95. The van der Waals surface area contributed by atoms with E-state index in [-0.39, 0.29) is 18.4 Å². The highest BCUT2D eigenvalue weighted by Gasteiger charge is 2.28. The number of alkyl halides is 3. The summed E-state index contributed by atoms with van der Waals surface area (Å²) < 4.78 is 41.6. The minimum Gasteiger partial charge on any atom is -0.497 e. The van der Waals surface area contributed by atoms with Crippen LogP contribution in [-0.4, -0.2) is 50.3 Å². The van der Waals surface area contributed by atoms with Gasteiger partial charge in [-0.3, -0.25) is 4.79 Å². The van der Waals surface area contributed by atoms with Crippen LogP contribution < -0.4 is 10.1 Å². The third-order valence-corrected chi connectivity index (χ3v) is 3.98. The van der Waals surface area contributed by atoms with Gasteiger partial charge in [-0.1, -0.05) is 13.0 Å². The van der Waals surface area contributed by atoms with Crippen molar-refractivity contribution in [1.82, 2.24) is 10.2 Å². The molecule has 1 heterocycles. The van der Waals surface area contributed by atoms with Crippen molar-refractivity contribution < 1.29 is 22.7 Å². The number of carbonyl (C=O) groups excluding carboxylic acids is 1. The Kier molecular flexibility index (Phi) is 5.51. The molecule has 1 aliphatic rings. The van der Waals surface area contributed by atoms with Gasteiger partial charge in [0.1, 0.15) is 5.75 Å². The van der Waals surface area contributed by atoms with Gasteiger partial charge in [0.2, 0.25) is 5.91 Å². The van der Waals surface area contributed by atoms with Crippen molar-refractivity contribution in [3.63, 3.8) is 0 Å². The number of ether oxygens (including phenoxy) is 1. The minimum atomic E-state index is -4.31. The van der Waals surface area contributed by atoms with Crippen molar-refractivity contribution in [1.29, 1.82) is 0 Å². The molecule has 1 aromatic rings. The molecule has 0 spiro atoms. The molecule has 2 rings (SSSR count). The average molecular weight is 330 g/mol. The van der Waals surface area contributed by atoms with Gasteiger partial charge in [-0.15, -0.1) is 0 Å². The van der Waals surface area contributed by atoms with Gasteiger partial charge in [0, 0.05) is 13.1 Å². The molecular formula is C16H21F3N2O2. The van der Waals surface area contributed by atoms with Gasteiger partial charge < -0.3 is 15.0 Å². The third kappa shape index (κ3) is 4.86. The van der Waals surface area contributed by atoms with Crippen LogP contribution in [0.2, 0.25) is 0 Å². The zero-order valence-corrected chi connectivity index (χ0v) is 13.2. The Morgan fingerprint density at radius 3 is 2.83 bits per heavy atom. The monoisotopic (exact) mass is 330 g/mol. The van der Waals surface area contributed by atoms with Crippen LogP contribution in [0.15, 0.2) is 18.2 Å². The Morgan fingerprint density at radius 2 is 2.17 bits per heavy atom. The lowest BCUT2D eigenvalue weighted by molar-refractivity contribution is -0.134. The van der Waals surface area contributed by atoms with Crippen molar-refractivity contribution >= 4 is 5.91 Å². The molecule has 7 heteroatoms. The molecular weight excluding hydrogens is 309 g/mol. The summed E-state index contributed by atoms with van der Waals surface area (Å²) in [4.78, 5) is 13.8. The third-order valence-electron chi connectivity index (χ3n) is 3.98. The highest BCUT2D eigenvalue weighted by molar-refractivity contribution is 5.78. The van der Waals surface area contributed by atoms with Crippen LogP contribution in [0.4, 0.5) is 13.2 Å². The minimum absolute atomic E-state index is 0.106. The first kappa shape index (κ1) is 17.6. The zero-order chi connectivity index (χ0) is 17.0. The maximum absolute atomic E-state index is 12.1. The highest BCUT2D eigenvalue weighted by atomic mass is 19.4. The predicted octanol–water partition coefficient (Wildman–Crippen LogP) is 2.34. The van der Waals surface area contributed by atoms with Crippen molar-refractivity contribution in [2.45, 2.75) is 25.4 Å². The first-order valence-corrected chi connectivity index (χ1v) is 7.52. The van der Waals surface area contributed by atoms with E-state index >= 15 is 0 Å². The maximum Gasteiger partial charge on any atom is 0.401 e. The van der Waals surface area contributed by atoms with Gasteiger partial charge >= 0.3 is 6.18 Å². The Balaban J connectivity index is 1.99. The van der Waals surface area contributed by atoms with Crippen LogP contribution >= 0.6 is 0 Å². The molecule has 4 nitrogen and oxygen atoms in total. The molecule has 0 saturated heterocycles. The normalized spacial score (nSPS) is 18.3. The van der Waals surface area contributed by atoms with Crippen LogP contribution in [-0.2, 0) is 11.2 Å². The summed E-state index contributed by atoms with van der Waals surface area (Å²) in [6.45, 7) is 1.56. The molecule has 0 aliphatic carbocycles. The van der Waals surface area contributed by atoms with E-state index in [1.54, 1.807) is 12.0 Å². The van der Waals surface area contributed by atoms with E-state index in [0.29, 0.717) is 19.5 Å². The zero-order valence-electron chi connectivity index (χ0n) is 13.2. The quantitative estimate of drug-likeness (QED) is 0.921. The number of nitrogens with zero attached hydrogens (tertiary/aromatic N) is 1. The van der Waals surface area contributed by atoms with E-state index in [1.807, 2.05) is 25.1 Å². The molecule has 1 N–H and O–H groups in total. The number of nitrogens with one attached hydrogen (secondary N) is 1. The van der Waals surface area contributed by atoms with E-state index in [0.717, 1.165) is 16.9 Å². The largest absolute Gasteiger partial charge is 0.497 e. The first-order valence-electron chi connectivity index (χ1n) is 7.52. The lowest BCUT2D eigenvalue weighted by Crippen LogP contribution is -2.42. The second-order valence-corrected chi connectivity index (χ2v) is 5.77. The molecule has 128 valence electrons. The highest BCUT2D eigenvalue weighted by Crippen LogP contribution is 2.28. The number of hydrogen-bond donors (Lipinski definition) is 1. The molecule has 0 radical (unpaired) electrons. The van der Waals surface area contributed by atoms with E-state index in [9.17, 15) is 18.0 Å². The number of benzene rings is 1. The Labute approximate surface area is 133 Å². The van der Waals surface area contributed by atoms with E-state index in [2.05, 4.69) is 5.32 Å². The fourth-order valence-corrected chi connectivity index (χ4v) is 2.81. The van der Waals surface area contributed by atoms with Crippen molar-refractivity contribution in [3.8, 4) is 5.75 Å². The summed E-state index contributed by atoms with van der Waals surface area (Å²) in [5.74, 6) is 0.567. The summed E-state index contributed by atoms with van der Waals surface area (Å²) in [6, 6.07) is 5.84. The van der Waals surface area contributed by atoms with Crippen molar-refractivity contribution in [3.05, 3.63) is 29.3 Å². The number of halogens is 3. The SMILES string of the molecule is COc1ccc2c(c1)C(C)CN(C(=O)CNCC(F)(F)F)CC2. The topological polar surface area (TPSA) is 41.6 Å². The van der Waals surface area contributed by atoms with Crippen LogP contribution in [0, 0.1) is 0 Å². The van der Waals surface area contributed by atoms with Gasteiger partial charge in [-0.2, -0.15) is 13.2 Å². The summed E-state index contributed by atoms with van der Waals surface area (Å²) in [5.41, 5.74) is 2.28. The summed E-state index contributed by atoms with van der Waals surface area (Å²) >= 11 is 0. The Bertz CT molecular complexity index is 561. The summed E-state index contributed by atoms with van der Waals surface area (Å²) in [5, 5.41) is 2.16. The molecule has 0 aromatic heterocycles. The van der Waals surface area contributed by atoms with Gasteiger partial charge in [0.05, 0.1) is 20.2 Å². The first-order chi connectivity index (χ1) is 10.8. The fourth-order valence-electron chi connectivity index (χ4n) is 2.81. The number of methoxy groups -OCH3 is 1. The van der Waals surface area contributed by atoms with Gasteiger partial charge in [0.25, 0.3) is 0 Å². The predicted molar refractivity (Wildman–Crippen MR) is 80.6 cm³/mol. The van der Waals surface area contributed by atoms with Crippen LogP contribution in [0.1, 0.15) is 24.0 Å². The Morgan fingerprint density at radius 1 is 1.43 bits per heavy atom. The molecule has 1 aromatic carbocycles. The second-order valence-electron chi connectivity index (χ2n) is 5.77. The number of amides is 1. The maximum atomic E-state index is 12.1. The van der Waals surface area contributed by atoms with Crippen LogP contribution in [0.25, 0.3) is 0 Å². The van der Waals surface area contributed by atoms with Crippen LogP contribution in [0.5, 0.6) is 5.75 Å². The second kappa shape index (κ2) is 7.21. The number of rotatable bonds is 4. The molecule has 0 bridgehead atoms. The molecule has 1 aliphatic heterocycles. The molecule has 1 unspecified atom stereocenters. The van der Waals surface area contributed by atoms with Crippen LogP contribution in [0.3, 0.4) is 0 Å². The molecule has 0 saturated carbocycles. The lowest BCUT2D eigenvalue weighted by Gasteiger charge is -2.23. The number of fused-ring (bicyclic) bond motifs is 1. The van der Waals surface area contributed by atoms with Gasteiger partial charge in [0.15, 0.2) is 0 Å². The Hall–Kier alpha value is -1.76. The van der Waals surface area contributed by atoms with E-state index in [1.165, 1.54) is 0 Å². The van der Waals surface area contributed by atoms with E-state index < -0.39 is 12.7 Å². The molecule has 1 atom stereocenters. The van der Waals surface area contributed by atoms with Crippen molar-refractivity contribution in [2.75, 3.05) is 33.3 Å². The smallest absolute Gasteiger partial charge is 0.401 e. The van der Waals surface area contributed by atoms with E-state index in [4.69, 9.17) is 4.74 Å². The van der Waals surface area contributed by atoms with Crippen molar-refractivity contribution in [2.24, 2.45) is 0 Å². The number of hydrogen-bond acceptors (Lipinski definition) is 3. The molecule has 1 amide bonds. The van der Waals surface area contributed by atoms with Gasteiger partial charge in [-0.05, 0) is 35.6 Å². The fraction of sp³-hybridized carbons (Fsp3) is 0.562. The molecule has 23 heavy (non-hydrogen) atoms. The summed E-state index contributed by atoms with van der Waals surface area (Å²) in [7, 11) is 1.60. The summed E-state index contributed by atoms with van der Waals surface area (Å²) in [6.07, 6.45) is -3.62. The average Bonchev–Trinajstić information content (AvgIpc) is 2.65. The van der Waals surface area contributed by atoms with Gasteiger partial charge in [-0.25, -0.2) is 0 Å². The molecule has 0 fully saturated rings. The number of carbonyl (C=O) groups is 1.